The van der Waals surface area contributed by atoms with Crippen LogP contribution in [0.25, 0.3) is 0 Å². The van der Waals surface area contributed by atoms with Crippen LogP contribution in [0.2, 0.25) is 0 Å². The highest BCUT2D eigenvalue weighted by Crippen LogP contribution is 2.16. The van der Waals surface area contributed by atoms with E-state index in [4.69, 9.17) is 0 Å². The molecule has 100 valence electrons. The van der Waals surface area contributed by atoms with Gasteiger partial charge >= 0.3 is 5.97 Å². The molecule has 0 atom stereocenters. The third-order valence-electron chi connectivity index (χ3n) is 2.36. The summed E-state index contributed by atoms with van der Waals surface area (Å²) in [6, 6.07) is 1.85. The van der Waals surface area contributed by atoms with Gasteiger partial charge in [-0.1, -0.05) is 0 Å². The van der Waals surface area contributed by atoms with Crippen LogP contribution in [-0.4, -0.2) is 28.0 Å². The molecule has 1 N–H and O–H groups in total. The molecular formula is C12H14N4O2S. The monoisotopic (exact) mass is 278 g/mol. The van der Waals surface area contributed by atoms with Crippen LogP contribution in [0.3, 0.4) is 0 Å². The largest absolute Gasteiger partial charge is 0.469 e. The number of aromatic nitrogens is 3. The van der Waals surface area contributed by atoms with Gasteiger partial charge in [0.25, 0.3) is 0 Å². The fourth-order valence-corrected chi connectivity index (χ4v) is 2.17. The summed E-state index contributed by atoms with van der Waals surface area (Å²) in [4.78, 5) is 23.7. The van der Waals surface area contributed by atoms with E-state index in [0.717, 1.165) is 16.6 Å². The quantitative estimate of drug-likeness (QED) is 0.837. The molecule has 6 nitrogen and oxygen atoms in total. The summed E-state index contributed by atoms with van der Waals surface area (Å²) in [5, 5.41) is 5.76. The molecule has 2 heterocycles. The molecule has 0 aromatic carbocycles. The summed E-state index contributed by atoms with van der Waals surface area (Å²) < 4.78 is 4.59. The first-order chi connectivity index (χ1) is 9.17. The molecule has 0 saturated carbocycles. The van der Waals surface area contributed by atoms with Gasteiger partial charge in [0.2, 0.25) is 0 Å². The summed E-state index contributed by atoms with van der Waals surface area (Å²) >= 11 is 1.45. The van der Waals surface area contributed by atoms with Crippen molar-refractivity contribution in [1.29, 1.82) is 0 Å². The number of thiazole rings is 1. The number of esters is 1. The van der Waals surface area contributed by atoms with Crippen molar-refractivity contribution in [3.05, 3.63) is 34.9 Å². The van der Waals surface area contributed by atoms with Gasteiger partial charge in [-0.25, -0.2) is 15.0 Å². The van der Waals surface area contributed by atoms with Crippen molar-refractivity contribution in [3.8, 4) is 0 Å². The Bertz CT molecular complexity index is 570. The number of hydrogen-bond acceptors (Lipinski definition) is 7. The minimum absolute atomic E-state index is 0.196. The Morgan fingerprint density at radius 2 is 2.26 bits per heavy atom. The lowest BCUT2D eigenvalue weighted by Crippen LogP contribution is -2.05. The van der Waals surface area contributed by atoms with E-state index in [1.807, 2.05) is 18.4 Å². The maximum Gasteiger partial charge on any atom is 0.311 e. The van der Waals surface area contributed by atoms with Gasteiger partial charge in [-0.2, -0.15) is 0 Å². The van der Waals surface area contributed by atoms with Crippen LogP contribution in [-0.2, 0) is 22.5 Å². The summed E-state index contributed by atoms with van der Waals surface area (Å²) in [7, 11) is 1.37. The van der Waals surface area contributed by atoms with Crippen LogP contribution in [0.15, 0.2) is 17.6 Å². The number of methoxy groups -OCH3 is 1. The van der Waals surface area contributed by atoms with Crippen molar-refractivity contribution in [1.82, 2.24) is 15.0 Å². The smallest absolute Gasteiger partial charge is 0.311 e. The maximum absolute atomic E-state index is 11.1. The Labute approximate surface area is 114 Å². The molecule has 2 aromatic heterocycles. The number of aryl methyl sites for hydroxylation is 1. The zero-order valence-electron chi connectivity index (χ0n) is 10.7. The molecule has 0 aliphatic carbocycles. The minimum Gasteiger partial charge on any atom is -0.469 e. The molecule has 2 aromatic rings. The summed E-state index contributed by atoms with van der Waals surface area (Å²) in [6.07, 6.45) is 1.92. The van der Waals surface area contributed by atoms with Crippen molar-refractivity contribution >= 4 is 22.4 Å². The Kier molecular flexibility index (Phi) is 4.40. The topological polar surface area (TPSA) is 77.0 Å². The number of carbonyl (C=O) groups is 1. The highest BCUT2D eigenvalue weighted by molar-refractivity contribution is 7.13. The molecule has 0 bridgehead atoms. The van der Waals surface area contributed by atoms with Gasteiger partial charge in [-0.3, -0.25) is 4.79 Å². The van der Waals surface area contributed by atoms with E-state index >= 15 is 0 Å². The van der Waals surface area contributed by atoms with Crippen molar-refractivity contribution < 1.29 is 9.53 Å². The van der Waals surface area contributed by atoms with E-state index < -0.39 is 0 Å². The second-order valence-corrected chi connectivity index (χ2v) is 4.70. The Morgan fingerprint density at radius 3 is 3.00 bits per heavy atom. The highest BCUT2D eigenvalue weighted by atomic mass is 32.1. The van der Waals surface area contributed by atoms with Gasteiger partial charge in [-0.15, -0.1) is 11.3 Å². The Hall–Kier alpha value is -2.02. The summed E-state index contributed by atoms with van der Waals surface area (Å²) in [5.41, 5.74) is 1.61. The molecule has 0 saturated heterocycles. The molecule has 0 fully saturated rings. The lowest BCUT2D eigenvalue weighted by atomic mass is 10.3. The van der Waals surface area contributed by atoms with E-state index in [1.165, 1.54) is 18.4 Å². The van der Waals surface area contributed by atoms with Crippen molar-refractivity contribution in [2.75, 3.05) is 12.4 Å². The van der Waals surface area contributed by atoms with E-state index in [1.54, 1.807) is 6.20 Å². The molecule has 7 heteroatoms. The second kappa shape index (κ2) is 6.24. The first-order valence-corrected chi connectivity index (χ1v) is 6.59. The number of rotatable bonds is 5. The normalized spacial score (nSPS) is 10.2. The van der Waals surface area contributed by atoms with Crippen molar-refractivity contribution in [2.24, 2.45) is 0 Å². The van der Waals surface area contributed by atoms with Crippen LogP contribution in [0, 0.1) is 6.92 Å². The average Bonchev–Trinajstić information content (AvgIpc) is 2.84. The molecule has 0 spiro atoms. The first-order valence-electron chi connectivity index (χ1n) is 5.71. The fourth-order valence-electron chi connectivity index (χ4n) is 1.46. The van der Waals surface area contributed by atoms with Crippen molar-refractivity contribution in [3.63, 3.8) is 0 Å². The number of nitrogens with zero attached hydrogens (tertiary/aromatic N) is 3. The fraction of sp³-hybridized carbons (Fsp3) is 0.333. The maximum atomic E-state index is 11.1. The van der Waals surface area contributed by atoms with Crippen molar-refractivity contribution in [2.45, 2.75) is 19.9 Å². The molecule has 0 aliphatic heterocycles. The van der Waals surface area contributed by atoms with E-state index in [0.29, 0.717) is 12.2 Å². The number of anilines is 1. The third-order valence-corrected chi connectivity index (χ3v) is 3.21. The Morgan fingerprint density at radius 1 is 1.42 bits per heavy atom. The second-order valence-electron chi connectivity index (χ2n) is 3.85. The highest BCUT2D eigenvalue weighted by Gasteiger charge is 2.07. The lowest BCUT2D eigenvalue weighted by Gasteiger charge is -2.02. The molecule has 19 heavy (non-hydrogen) atoms. The SMILES string of the molecule is COC(=O)Cc1csc(NCc2ccnc(C)n2)n1. The predicted octanol–water partition coefficient (Wildman–Crippen LogP) is 1.57. The van der Waals surface area contributed by atoms with Crippen LogP contribution >= 0.6 is 11.3 Å². The van der Waals surface area contributed by atoms with E-state index in [2.05, 4.69) is 25.0 Å². The standard InChI is InChI=1S/C12H14N4O2S/c1-8-13-4-3-9(15-8)6-14-12-16-10(7-19-12)5-11(17)18-2/h3-4,7H,5-6H2,1-2H3,(H,14,16). The third kappa shape index (κ3) is 3.99. The van der Waals surface area contributed by atoms with Crippen LogP contribution in [0.5, 0.6) is 0 Å². The van der Waals surface area contributed by atoms with E-state index in [9.17, 15) is 4.79 Å². The average molecular weight is 278 g/mol. The molecule has 0 radical (unpaired) electrons. The summed E-state index contributed by atoms with van der Waals surface area (Å²) in [5.74, 6) is 0.452. The van der Waals surface area contributed by atoms with E-state index in [-0.39, 0.29) is 12.4 Å². The predicted molar refractivity (Wildman–Crippen MR) is 71.9 cm³/mol. The van der Waals surface area contributed by atoms with Crippen LogP contribution in [0.1, 0.15) is 17.2 Å². The number of nitrogens with one attached hydrogen (secondary N) is 1. The van der Waals surface area contributed by atoms with Gasteiger partial charge < -0.3 is 10.1 Å². The zero-order valence-corrected chi connectivity index (χ0v) is 11.5. The molecule has 2 rings (SSSR count). The van der Waals surface area contributed by atoms with Gasteiger partial charge in [0.1, 0.15) is 5.82 Å². The number of hydrogen-bond donors (Lipinski definition) is 1. The lowest BCUT2D eigenvalue weighted by molar-refractivity contribution is -0.139. The first kappa shape index (κ1) is 13.4. The molecule has 0 unspecified atom stereocenters. The van der Waals surface area contributed by atoms with Gasteiger partial charge in [0.15, 0.2) is 5.13 Å². The van der Waals surface area contributed by atoms with Gasteiger partial charge in [-0.05, 0) is 13.0 Å². The van der Waals surface area contributed by atoms with Crippen LogP contribution < -0.4 is 5.32 Å². The molecule has 0 amide bonds. The number of ether oxygens (including phenoxy) is 1. The molecule has 0 aliphatic rings. The van der Waals surface area contributed by atoms with Crippen LogP contribution in [0.4, 0.5) is 5.13 Å². The summed E-state index contributed by atoms with van der Waals surface area (Å²) in [6.45, 7) is 2.43. The molecular weight excluding hydrogens is 264 g/mol. The van der Waals surface area contributed by atoms with Gasteiger partial charge in [0.05, 0.1) is 31.5 Å². The minimum atomic E-state index is -0.289. The number of carbonyl (C=O) groups excluding carboxylic acids is 1. The van der Waals surface area contributed by atoms with Gasteiger partial charge in [0, 0.05) is 11.6 Å². The Balaban J connectivity index is 1.91. The zero-order chi connectivity index (χ0) is 13.7.